The molecule has 186 valence electrons. The molecule has 6 heteroatoms. The zero-order valence-corrected chi connectivity index (χ0v) is 22.6. The summed E-state index contributed by atoms with van der Waals surface area (Å²) >= 11 is 0. The summed E-state index contributed by atoms with van der Waals surface area (Å²) in [5.74, 6) is -0.586. The molecule has 4 atom stereocenters. The SMILES string of the molecule is CC1(C)OC[C@@H]2O[C@@H](CCOCc3ccccc3)[C@H](O[Si](C)(C)C(C)(C)C)C/C=C\C[C@H]2O1. The van der Waals surface area contributed by atoms with Gasteiger partial charge in [0.05, 0.1) is 31.5 Å². The van der Waals surface area contributed by atoms with Crippen LogP contribution in [-0.4, -0.2) is 51.7 Å². The zero-order chi connectivity index (χ0) is 24.1. The maximum Gasteiger partial charge on any atom is 0.192 e. The van der Waals surface area contributed by atoms with Gasteiger partial charge in [0.1, 0.15) is 6.10 Å². The third-order valence-corrected chi connectivity index (χ3v) is 11.5. The predicted molar refractivity (Wildman–Crippen MR) is 135 cm³/mol. The van der Waals surface area contributed by atoms with Crippen molar-refractivity contribution in [1.82, 2.24) is 0 Å². The van der Waals surface area contributed by atoms with Gasteiger partial charge in [-0.25, -0.2) is 0 Å². The Balaban J connectivity index is 1.72. The van der Waals surface area contributed by atoms with Crippen LogP contribution < -0.4 is 0 Å². The van der Waals surface area contributed by atoms with Crippen molar-refractivity contribution >= 4 is 8.32 Å². The molecule has 3 rings (SSSR count). The molecule has 2 aliphatic rings. The minimum Gasteiger partial charge on any atom is -0.411 e. The second-order valence-electron chi connectivity index (χ2n) is 11.3. The number of ether oxygens (including phenoxy) is 4. The maximum atomic E-state index is 6.91. The average molecular weight is 477 g/mol. The van der Waals surface area contributed by atoms with Crippen LogP contribution in [0.5, 0.6) is 0 Å². The van der Waals surface area contributed by atoms with Crippen molar-refractivity contribution in [2.45, 2.75) is 109 Å². The summed E-state index contributed by atoms with van der Waals surface area (Å²) in [7, 11) is -1.97. The molecule has 33 heavy (non-hydrogen) atoms. The van der Waals surface area contributed by atoms with Gasteiger partial charge < -0.3 is 23.4 Å². The lowest BCUT2D eigenvalue weighted by molar-refractivity contribution is -0.316. The lowest BCUT2D eigenvalue weighted by Gasteiger charge is -2.44. The molecule has 1 aromatic carbocycles. The van der Waals surface area contributed by atoms with Crippen LogP contribution in [0.15, 0.2) is 42.5 Å². The highest BCUT2D eigenvalue weighted by Crippen LogP contribution is 2.39. The highest BCUT2D eigenvalue weighted by molar-refractivity contribution is 6.74. The Bertz CT molecular complexity index is 756. The van der Waals surface area contributed by atoms with E-state index >= 15 is 0 Å². The van der Waals surface area contributed by atoms with Crippen LogP contribution in [0.3, 0.4) is 0 Å². The largest absolute Gasteiger partial charge is 0.411 e. The average Bonchev–Trinajstić information content (AvgIpc) is 2.80. The Labute approximate surface area is 201 Å². The van der Waals surface area contributed by atoms with Gasteiger partial charge >= 0.3 is 0 Å². The molecular formula is C27H44O5Si. The summed E-state index contributed by atoms with van der Waals surface area (Å²) in [4.78, 5) is 0. The first kappa shape index (κ1) is 26.6. The molecule has 2 aliphatic heterocycles. The molecule has 0 bridgehead atoms. The van der Waals surface area contributed by atoms with Crippen LogP contribution in [0, 0.1) is 0 Å². The third-order valence-electron chi connectivity index (χ3n) is 7.02. The van der Waals surface area contributed by atoms with Gasteiger partial charge in [0.2, 0.25) is 0 Å². The molecule has 0 N–H and O–H groups in total. The molecule has 2 heterocycles. The number of hydrogen-bond acceptors (Lipinski definition) is 5. The summed E-state index contributed by atoms with van der Waals surface area (Å²) in [6.07, 6.45) is 6.64. The summed E-state index contributed by atoms with van der Waals surface area (Å²) in [5.41, 5.74) is 1.18. The number of rotatable bonds is 7. The van der Waals surface area contributed by atoms with Crippen LogP contribution in [-0.2, 0) is 30.0 Å². The first-order valence-corrected chi connectivity index (χ1v) is 15.3. The Morgan fingerprint density at radius 2 is 1.73 bits per heavy atom. The fourth-order valence-corrected chi connectivity index (χ4v) is 5.37. The van der Waals surface area contributed by atoms with Crippen molar-refractivity contribution in [3.05, 3.63) is 48.0 Å². The smallest absolute Gasteiger partial charge is 0.192 e. The highest BCUT2D eigenvalue weighted by Gasteiger charge is 2.43. The van der Waals surface area contributed by atoms with E-state index < -0.39 is 14.1 Å². The normalized spacial score (nSPS) is 29.4. The van der Waals surface area contributed by atoms with E-state index in [1.807, 2.05) is 32.0 Å². The fraction of sp³-hybridized carbons (Fsp3) is 0.704. The third kappa shape index (κ3) is 7.74. The fourth-order valence-electron chi connectivity index (χ4n) is 4.01. The van der Waals surface area contributed by atoms with E-state index in [0.717, 1.165) is 19.3 Å². The van der Waals surface area contributed by atoms with Crippen molar-refractivity contribution < 1.29 is 23.4 Å². The second kappa shape index (κ2) is 11.1. The molecule has 0 unspecified atom stereocenters. The zero-order valence-electron chi connectivity index (χ0n) is 21.6. The number of hydrogen-bond donors (Lipinski definition) is 0. The van der Waals surface area contributed by atoms with Crippen molar-refractivity contribution in [3.8, 4) is 0 Å². The molecule has 0 amide bonds. The first-order valence-electron chi connectivity index (χ1n) is 12.4. The van der Waals surface area contributed by atoms with Gasteiger partial charge in [0, 0.05) is 6.61 Å². The second-order valence-corrected chi connectivity index (χ2v) is 16.0. The van der Waals surface area contributed by atoms with Crippen LogP contribution in [0.1, 0.15) is 59.4 Å². The number of benzene rings is 1. The standard InChI is InChI=1S/C27H44O5Si/c1-26(2,3)33(6,7)32-24-16-12-11-15-23-25(20-29-27(4,5)31-23)30-22(24)17-18-28-19-21-13-9-8-10-14-21/h8-14,22-25H,15-20H2,1-7H3/b12-11-/t22-,23+,24+,25-/m0/s1. The van der Waals surface area contributed by atoms with E-state index in [-0.39, 0.29) is 29.5 Å². The van der Waals surface area contributed by atoms with Gasteiger partial charge in [-0.05, 0) is 56.8 Å². The molecule has 0 spiro atoms. The molecule has 0 radical (unpaired) electrons. The highest BCUT2D eigenvalue weighted by atomic mass is 28.4. The van der Waals surface area contributed by atoms with Gasteiger partial charge in [0.25, 0.3) is 0 Å². The molecule has 0 aliphatic carbocycles. The van der Waals surface area contributed by atoms with Crippen LogP contribution >= 0.6 is 0 Å². The van der Waals surface area contributed by atoms with E-state index in [2.05, 4.69) is 58.2 Å². The van der Waals surface area contributed by atoms with E-state index in [4.69, 9.17) is 23.4 Å². The molecule has 0 aromatic heterocycles. The maximum absolute atomic E-state index is 6.91. The van der Waals surface area contributed by atoms with Gasteiger partial charge in [-0.15, -0.1) is 0 Å². The molecule has 0 saturated carbocycles. The molecule has 5 nitrogen and oxygen atoms in total. The van der Waals surface area contributed by atoms with Crippen LogP contribution in [0.2, 0.25) is 18.1 Å². The minimum atomic E-state index is -1.97. The molecule has 1 aromatic rings. The van der Waals surface area contributed by atoms with Gasteiger partial charge in [0.15, 0.2) is 14.1 Å². The van der Waals surface area contributed by atoms with E-state index in [1.165, 1.54) is 5.56 Å². The molecular weight excluding hydrogens is 432 g/mol. The first-order chi connectivity index (χ1) is 15.5. The predicted octanol–water partition coefficient (Wildman–Crippen LogP) is 6.24. The quantitative estimate of drug-likeness (QED) is 0.265. The Hall–Kier alpha value is -1.02. The van der Waals surface area contributed by atoms with Crippen LogP contribution in [0.4, 0.5) is 0 Å². The van der Waals surface area contributed by atoms with Gasteiger partial charge in [-0.2, -0.15) is 0 Å². The van der Waals surface area contributed by atoms with Gasteiger partial charge in [-0.3, -0.25) is 0 Å². The monoisotopic (exact) mass is 476 g/mol. The van der Waals surface area contributed by atoms with E-state index in [1.54, 1.807) is 0 Å². The van der Waals surface area contributed by atoms with Crippen molar-refractivity contribution in [2.75, 3.05) is 13.2 Å². The Morgan fingerprint density at radius 3 is 2.42 bits per heavy atom. The van der Waals surface area contributed by atoms with E-state index in [9.17, 15) is 0 Å². The summed E-state index contributed by atoms with van der Waals surface area (Å²) < 4.78 is 31.9. The van der Waals surface area contributed by atoms with Crippen molar-refractivity contribution in [1.29, 1.82) is 0 Å². The Kier molecular flexibility index (Phi) is 8.98. The topological polar surface area (TPSA) is 46.2 Å². The molecule has 1 fully saturated rings. The van der Waals surface area contributed by atoms with Crippen molar-refractivity contribution in [3.63, 3.8) is 0 Å². The number of fused-ring (bicyclic) bond motifs is 1. The molecule has 1 saturated heterocycles. The summed E-state index contributed by atoms with van der Waals surface area (Å²) in [6, 6.07) is 10.3. The summed E-state index contributed by atoms with van der Waals surface area (Å²) in [6.45, 7) is 17.2. The summed E-state index contributed by atoms with van der Waals surface area (Å²) in [5, 5.41) is 0.132. The van der Waals surface area contributed by atoms with Gasteiger partial charge in [-0.1, -0.05) is 63.3 Å². The Morgan fingerprint density at radius 1 is 1.03 bits per heavy atom. The minimum absolute atomic E-state index is 0.0175. The lowest BCUT2D eigenvalue weighted by atomic mass is 10.1. The van der Waals surface area contributed by atoms with E-state index in [0.29, 0.717) is 19.8 Å². The lowest BCUT2D eigenvalue weighted by Crippen LogP contribution is -2.53. The van der Waals surface area contributed by atoms with Crippen molar-refractivity contribution in [2.24, 2.45) is 0 Å². The van der Waals surface area contributed by atoms with Crippen LogP contribution in [0.25, 0.3) is 0 Å².